The number of carbonyl (C=O) groups is 3. The molecule has 7 heteroatoms. The van der Waals surface area contributed by atoms with Gasteiger partial charge in [0.05, 0.1) is 14.2 Å². The topological polar surface area (TPSA) is 102 Å². The average Bonchev–Trinajstić information content (AvgIpc) is 2.43. The van der Waals surface area contributed by atoms with Crippen LogP contribution in [-0.4, -0.2) is 49.3 Å². The summed E-state index contributed by atoms with van der Waals surface area (Å²) in [4.78, 5) is 34.3. The number of esters is 2. The Bertz CT molecular complexity index is 391. The van der Waals surface area contributed by atoms with Crippen molar-refractivity contribution >= 4 is 17.8 Å². The second-order valence-electron chi connectivity index (χ2n) is 4.89. The van der Waals surface area contributed by atoms with Crippen LogP contribution in [-0.2, 0) is 23.9 Å². The van der Waals surface area contributed by atoms with Crippen LogP contribution in [0.5, 0.6) is 0 Å². The van der Waals surface area contributed by atoms with Gasteiger partial charge in [-0.15, -0.1) is 0 Å². The molecule has 0 aromatic heterocycles. The lowest BCUT2D eigenvalue weighted by Crippen LogP contribution is -2.46. The summed E-state index contributed by atoms with van der Waals surface area (Å²) in [6.45, 7) is 3.74. The lowest BCUT2D eigenvalue weighted by atomic mass is 10.0. The van der Waals surface area contributed by atoms with Crippen LogP contribution in [0.25, 0.3) is 0 Å². The molecule has 1 amide bonds. The van der Waals surface area contributed by atoms with Crippen molar-refractivity contribution in [2.45, 2.75) is 38.8 Å². The van der Waals surface area contributed by atoms with E-state index < -0.39 is 30.0 Å². The number of carbonyl (C=O) groups excluding carboxylic acids is 3. The van der Waals surface area contributed by atoms with Crippen molar-refractivity contribution in [1.29, 1.82) is 0 Å². The Morgan fingerprint density at radius 2 is 1.81 bits per heavy atom. The lowest BCUT2D eigenvalue weighted by molar-refractivity contribution is -0.146. The maximum Gasteiger partial charge on any atom is 0.330 e. The molecule has 0 aliphatic carbocycles. The summed E-state index contributed by atoms with van der Waals surface area (Å²) in [5.74, 6) is -1.73. The Labute approximate surface area is 124 Å². The Morgan fingerprint density at radius 1 is 1.19 bits per heavy atom. The molecule has 0 aliphatic rings. The number of hydrogen-bond donors (Lipinski definition) is 2. The van der Waals surface area contributed by atoms with Gasteiger partial charge in [-0.2, -0.15) is 0 Å². The Kier molecular flexibility index (Phi) is 9.03. The zero-order valence-corrected chi connectivity index (χ0v) is 12.8. The molecular weight excluding hydrogens is 278 g/mol. The Balaban J connectivity index is 4.63. The van der Waals surface area contributed by atoms with Crippen molar-refractivity contribution in [3.05, 3.63) is 12.2 Å². The van der Waals surface area contributed by atoms with Crippen LogP contribution in [0.1, 0.15) is 26.7 Å². The number of amides is 1. The molecule has 0 rings (SSSR count). The third kappa shape index (κ3) is 8.09. The van der Waals surface area contributed by atoms with Crippen LogP contribution in [0.2, 0.25) is 0 Å². The summed E-state index contributed by atoms with van der Waals surface area (Å²) < 4.78 is 8.99. The number of nitrogens with one attached hydrogen (secondary N) is 1. The second-order valence-corrected chi connectivity index (χ2v) is 4.89. The average molecular weight is 301 g/mol. The fourth-order valence-corrected chi connectivity index (χ4v) is 1.55. The van der Waals surface area contributed by atoms with Crippen molar-refractivity contribution in [2.24, 2.45) is 5.92 Å². The Hall–Kier alpha value is -1.89. The molecule has 0 aliphatic heterocycles. The summed E-state index contributed by atoms with van der Waals surface area (Å²) in [6, 6.07) is -0.967. The molecule has 7 nitrogen and oxygen atoms in total. The zero-order valence-electron chi connectivity index (χ0n) is 12.8. The van der Waals surface area contributed by atoms with E-state index in [1.807, 2.05) is 13.8 Å². The standard InChI is InChI=1S/C14H23NO6/c1-9(2)8-11(16)13(18)15-10(14(19)21-4)6-5-7-12(17)20-3/h5,7,9-11,16H,6,8H2,1-4H3,(H,15,18)/b7-5+/t10-,11-/m1/s1. The molecule has 2 atom stereocenters. The van der Waals surface area contributed by atoms with E-state index in [-0.39, 0.29) is 18.8 Å². The molecule has 0 radical (unpaired) electrons. The van der Waals surface area contributed by atoms with Gasteiger partial charge in [0.15, 0.2) is 0 Å². The fourth-order valence-electron chi connectivity index (χ4n) is 1.55. The van der Waals surface area contributed by atoms with E-state index in [9.17, 15) is 19.5 Å². The number of aliphatic hydroxyl groups is 1. The summed E-state index contributed by atoms with van der Waals surface area (Å²) in [5.41, 5.74) is 0. The molecule has 120 valence electrons. The van der Waals surface area contributed by atoms with Crippen molar-refractivity contribution in [3.8, 4) is 0 Å². The van der Waals surface area contributed by atoms with E-state index in [1.165, 1.54) is 20.3 Å². The molecule has 0 aromatic rings. The monoisotopic (exact) mass is 301 g/mol. The number of hydrogen-bond acceptors (Lipinski definition) is 6. The number of aliphatic hydroxyl groups excluding tert-OH is 1. The van der Waals surface area contributed by atoms with Gasteiger partial charge in [-0.05, 0) is 18.8 Å². The first-order chi connectivity index (χ1) is 9.81. The maximum absolute atomic E-state index is 11.8. The van der Waals surface area contributed by atoms with Gasteiger partial charge in [-0.1, -0.05) is 19.9 Å². The van der Waals surface area contributed by atoms with E-state index in [1.54, 1.807) is 0 Å². The third-order valence-corrected chi connectivity index (χ3v) is 2.63. The van der Waals surface area contributed by atoms with Gasteiger partial charge in [0.25, 0.3) is 0 Å². The largest absolute Gasteiger partial charge is 0.467 e. The minimum atomic E-state index is -1.19. The lowest BCUT2D eigenvalue weighted by Gasteiger charge is -2.18. The van der Waals surface area contributed by atoms with Crippen molar-refractivity contribution < 1.29 is 29.0 Å². The second kappa shape index (κ2) is 9.93. The van der Waals surface area contributed by atoms with Crippen LogP contribution in [0.3, 0.4) is 0 Å². The van der Waals surface area contributed by atoms with Crippen molar-refractivity contribution in [3.63, 3.8) is 0 Å². The number of ether oxygens (including phenoxy) is 2. The van der Waals surface area contributed by atoms with E-state index >= 15 is 0 Å². The van der Waals surface area contributed by atoms with Crippen molar-refractivity contribution in [1.82, 2.24) is 5.32 Å². The van der Waals surface area contributed by atoms with Gasteiger partial charge in [0, 0.05) is 6.08 Å². The van der Waals surface area contributed by atoms with E-state index in [0.717, 1.165) is 6.08 Å². The van der Waals surface area contributed by atoms with Gasteiger partial charge in [0.2, 0.25) is 5.91 Å². The summed E-state index contributed by atoms with van der Waals surface area (Å²) in [6.07, 6.45) is 1.69. The smallest absolute Gasteiger partial charge is 0.330 e. The van der Waals surface area contributed by atoms with Crippen LogP contribution in [0.4, 0.5) is 0 Å². The molecule has 0 saturated heterocycles. The first-order valence-corrected chi connectivity index (χ1v) is 6.62. The summed E-state index contributed by atoms with van der Waals surface area (Å²) >= 11 is 0. The van der Waals surface area contributed by atoms with Gasteiger partial charge in [0.1, 0.15) is 12.1 Å². The molecule has 0 aromatic carbocycles. The fraction of sp³-hybridized carbons (Fsp3) is 0.643. The minimum absolute atomic E-state index is 0.0575. The predicted molar refractivity (Wildman–Crippen MR) is 75.2 cm³/mol. The number of rotatable bonds is 8. The molecular formula is C14H23NO6. The molecule has 0 unspecified atom stereocenters. The highest BCUT2D eigenvalue weighted by Gasteiger charge is 2.24. The van der Waals surface area contributed by atoms with Crippen LogP contribution in [0, 0.1) is 5.92 Å². The first kappa shape index (κ1) is 19.1. The van der Waals surface area contributed by atoms with Gasteiger partial charge < -0.3 is 19.9 Å². The van der Waals surface area contributed by atoms with E-state index in [2.05, 4.69) is 14.8 Å². The van der Waals surface area contributed by atoms with Crippen LogP contribution >= 0.6 is 0 Å². The molecule has 0 heterocycles. The molecule has 0 spiro atoms. The highest BCUT2D eigenvalue weighted by atomic mass is 16.5. The molecule has 0 bridgehead atoms. The van der Waals surface area contributed by atoms with E-state index in [4.69, 9.17) is 0 Å². The predicted octanol–water partition coefficient (Wildman–Crippen LogP) is 0.170. The quantitative estimate of drug-likeness (QED) is 0.489. The highest BCUT2D eigenvalue weighted by Crippen LogP contribution is 2.06. The SMILES string of the molecule is COC(=O)/C=C/C[C@@H](NC(=O)[C@H](O)CC(C)C)C(=O)OC. The first-order valence-electron chi connectivity index (χ1n) is 6.62. The van der Waals surface area contributed by atoms with Gasteiger partial charge >= 0.3 is 11.9 Å². The van der Waals surface area contributed by atoms with Crippen LogP contribution < -0.4 is 5.32 Å². The summed E-state index contributed by atoms with van der Waals surface area (Å²) in [5, 5.41) is 12.1. The Morgan fingerprint density at radius 3 is 2.29 bits per heavy atom. The van der Waals surface area contributed by atoms with E-state index in [0.29, 0.717) is 0 Å². The van der Waals surface area contributed by atoms with Crippen molar-refractivity contribution in [2.75, 3.05) is 14.2 Å². The minimum Gasteiger partial charge on any atom is -0.467 e. The molecule has 21 heavy (non-hydrogen) atoms. The van der Waals surface area contributed by atoms with Gasteiger partial charge in [-0.3, -0.25) is 4.79 Å². The highest BCUT2D eigenvalue weighted by molar-refractivity contribution is 5.87. The zero-order chi connectivity index (χ0) is 16.4. The molecule has 0 fully saturated rings. The molecule has 2 N–H and O–H groups in total. The molecule has 0 saturated carbocycles. The van der Waals surface area contributed by atoms with Crippen LogP contribution in [0.15, 0.2) is 12.2 Å². The maximum atomic E-state index is 11.8. The normalized spacial score (nSPS) is 13.8. The third-order valence-electron chi connectivity index (χ3n) is 2.63. The summed E-state index contributed by atoms with van der Waals surface area (Å²) in [7, 11) is 2.42. The van der Waals surface area contributed by atoms with Gasteiger partial charge in [-0.25, -0.2) is 9.59 Å². The number of methoxy groups -OCH3 is 2.